The fraction of sp³-hybridized carbons (Fsp3) is 0.192. The van der Waals surface area contributed by atoms with Crippen molar-refractivity contribution in [3.05, 3.63) is 106 Å². The summed E-state index contributed by atoms with van der Waals surface area (Å²) in [6.07, 6.45) is 0. The zero-order chi connectivity index (χ0) is 22.9. The van der Waals surface area contributed by atoms with E-state index >= 15 is 0 Å². The normalized spacial score (nSPS) is 11.9. The maximum absolute atomic E-state index is 13.9. The second-order valence-electron chi connectivity index (χ2n) is 8.12. The van der Waals surface area contributed by atoms with Gasteiger partial charge < -0.3 is 0 Å². The number of rotatable bonds is 6. The van der Waals surface area contributed by atoms with Gasteiger partial charge in [0.15, 0.2) is 0 Å². The third kappa shape index (κ3) is 4.56. The van der Waals surface area contributed by atoms with Crippen LogP contribution < -0.4 is 0 Å². The second-order valence-corrected chi connectivity index (χ2v) is 10.4. The molecule has 4 aromatic rings. The van der Waals surface area contributed by atoms with Crippen LogP contribution in [-0.4, -0.2) is 17.7 Å². The molecule has 0 saturated carbocycles. The molecular formula is C26H25ClN2O2S. The number of hydrogen-bond acceptors (Lipinski definition) is 3. The number of fused-ring (bicyclic) bond motifs is 1. The third-order valence-electron chi connectivity index (χ3n) is 5.50. The molecule has 4 rings (SSSR count). The topological polar surface area (TPSA) is 50.3 Å². The van der Waals surface area contributed by atoms with E-state index in [2.05, 4.69) is 4.98 Å². The quantitative estimate of drug-likeness (QED) is 0.319. The molecule has 0 amide bonds. The number of aryl methyl sites for hydroxylation is 3. The van der Waals surface area contributed by atoms with Crippen LogP contribution in [0.2, 0.25) is 5.15 Å². The van der Waals surface area contributed by atoms with Gasteiger partial charge in [0.1, 0.15) is 5.15 Å². The van der Waals surface area contributed by atoms with Crippen LogP contribution in [0.15, 0.2) is 77.7 Å². The van der Waals surface area contributed by atoms with E-state index in [9.17, 15) is 8.42 Å². The summed E-state index contributed by atoms with van der Waals surface area (Å²) in [5, 5.41) is 1.24. The number of benzene rings is 3. The Morgan fingerprint density at radius 2 is 1.47 bits per heavy atom. The summed E-state index contributed by atoms with van der Waals surface area (Å²) < 4.78 is 29.4. The van der Waals surface area contributed by atoms with Gasteiger partial charge in [0, 0.05) is 24.0 Å². The van der Waals surface area contributed by atoms with Crippen LogP contribution in [0.3, 0.4) is 0 Å². The Labute approximate surface area is 194 Å². The molecule has 0 aliphatic carbocycles. The highest BCUT2D eigenvalue weighted by atomic mass is 35.5. The van der Waals surface area contributed by atoms with Crippen LogP contribution in [0.25, 0.3) is 10.9 Å². The van der Waals surface area contributed by atoms with Crippen molar-refractivity contribution in [1.29, 1.82) is 0 Å². The van der Waals surface area contributed by atoms with Crippen LogP contribution in [0.4, 0.5) is 0 Å². The fourth-order valence-electron chi connectivity index (χ4n) is 4.15. The molecule has 3 aromatic carbocycles. The number of halogens is 1. The molecule has 0 bridgehead atoms. The van der Waals surface area contributed by atoms with Crippen molar-refractivity contribution in [2.24, 2.45) is 0 Å². The van der Waals surface area contributed by atoms with Gasteiger partial charge in [-0.25, -0.2) is 13.4 Å². The van der Waals surface area contributed by atoms with Crippen LogP contribution in [-0.2, 0) is 23.1 Å². The van der Waals surface area contributed by atoms with Gasteiger partial charge >= 0.3 is 0 Å². The average molecular weight is 465 g/mol. The second kappa shape index (κ2) is 9.02. The van der Waals surface area contributed by atoms with Crippen LogP contribution >= 0.6 is 11.6 Å². The predicted molar refractivity (Wildman–Crippen MR) is 130 cm³/mol. The molecule has 0 aliphatic rings. The van der Waals surface area contributed by atoms with E-state index in [-0.39, 0.29) is 13.1 Å². The molecule has 0 saturated heterocycles. The highest BCUT2D eigenvalue weighted by Gasteiger charge is 2.29. The van der Waals surface area contributed by atoms with Crippen molar-refractivity contribution in [3.63, 3.8) is 0 Å². The number of hydrogen-bond donors (Lipinski definition) is 0. The third-order valence-corrected chi connectivity index (χ3v) is 7.93. The summed E-state index contributed by atoms with van der Waals surface area (Å²) in [6.45, 7) is 6.02. The Hall–Kier alpha value is -2.73. The van der Waals surface area contributed by atoms with Crippen LogP contribution in [0.1, 0.15) is 27.8 Å². The molecule has 0 unspecified atom stereocenters. The smallest absolute Gasteiger partial charge is 0.236 e. The molecule has 6 heteroatoms. The lowest BCUT2D eigenvalue weighted by atomic mass is 10.1. The molecule has 32 heavy (non-hydrogen) atoms. The Kier molecular flexibility index (Phi) is 6.33. The first-order valence-electron chi connectivity index (χ1n) is 10.4. The summed E-state index contributed by atoms with van der Waals surface area (Å²) in [5.74, 6) is 0. The lowest BCUT2D eigenvalue weighted by molar-refractivity contribution is 0.400. The standard InChI is InChI=1S/C26H25ClN2O2S/c1-18-13-19(2)25(20(3)14-18)32(30,31)29(16-21-9-5-4-6-10-21)17-23-15-22-11-7-8-12-24(22)28-26(23)27/h4-15H,16-17H2,1-3H3. The van der Waals surface area contributed by atoms with Gasteiger partial charge in [-0.2, -0.15) is 4.31 Å². The van der Waals surface area contributed by atoms with Gasteiger partial charge in [-0.1, -0.05) is 77.8 Å². The first-order valence-corrected chi connectivity index (χ1v) is 12.2. The molecule has 1 heterocycles. The van der Waals surface area contributed by atoms with Crippen molar-refractivity contribution in [3.8, 4) is 0 Å². The van der Waals surface area contributed by atoms with E-state index < -0.39 is 10.0 Å². The molecule has 0 radical (unpaired) electrons. The van der Waals surface area contributed by atoms with Gasteiger partial charge in [-0.05, 0) is 49.6 Å². The van der Waals surface area contributed by atoms with E-state index in [1.165, 1.54) is 4.31 Å². The first kappa shape index (κ1) is 22.5. The lowest BCUT2D eigenvalue weighted by Gasteiger charge is -2.25. The molecule has 0 fully saturated rings. The summed E-state index contributed by atoms with van der Waals surface area (Å²) in [6, 6.07) is 23.0. The summed E-state index contributed by atoms with van der Waals surface area (Å²) in [7, 11) is -3.80. The van der Waals surface area contributed by atoms with E-state index in [0.717, 1.165) is 33.2 Å². The number of nitrogens with zero attached hydrogens (tertiary/aromatic N) is 2. The zero-order valence-electron chi connectivity index (χ0n) is 18.3. The molecule has 4 nitrogen and oxygen atoms in total. The number of para-hydroxylation sites is 1. The van der Waals surface area contributed by atoms with Crippen molar-refractivity contribution in [1.82, 2.24) is 9.29 Å². The Bertz CT molecular complexity index is 1360. The van der Waals surface area contributed by atoms with Gasteiger partial charge in [0.25, 0.3) is 0 Å². The highest BCUT2D eigenvalue weighted by Crippen LogP contribution is 2.30. The van der Waals surface area contributed by atoms with E-state index in [1.807, 2.05) is 93.6 Å². The summed E-state index contributed by atoms with van der Waals surface area (Å²) >= 11 is 6.50. The van der Waals surface area contributed by atoms with Gasteiger partial charge in [-0.3, -0.25) is 0 Å². The monoisotopic (exact) mass is 464 g/mol. The minimum absolute atomic E-state index is 0.126. The highest BCUT2D eigenvalue weighted by molar-refractivity contribution is 7.89. The lowest BCUT2D eigenvalue weighted by Crippen LogP contribution is -2.31. The molecule has 0 spiro atoms. The average Bonchev–Trinajstić information content (AvgIpc) is 2.73. The van der Waals surface area contributed by atoms with Crippen LogP contribution in [0.5, 0.6) is 0 Å². The van der Waals surface area contributed by atoms with E-state index in [1.54, 1.807) is 0 Å². The van der Waals surface area contributed by atoms with E-state index in [0.29, 0.717) is 15.6 Å². The first-order chi connectivity index (χ1) is 15.3. The van der Waals surface area contributed by atoms with Crippen molar-refractivity contribution >= 4 is 32.5 Å². The SMILES string of the molecule is Cc1cc(C)c(S(=O)(=O)N(Cc2ccccc2)Cc2cc3ccccc3nc2Cl)c(C)c1. The van der Waals surface area contributed by atoms with Gasteiger partial charge in [-0.15, -0.1) is 0 Å². The zero-order valence-corrected chi connectivity index (χ0v) is 19.9. The minimum atomic E-state index is -3.80. The predicted octanol–water partition coefficient (Wildman–Crippen LogP) is 6.20. The molecular weight excluding hydrogens is 440 g/mol. The minimum Gasteiger partial charge on any atom is -0.236 e. The summed E-state index contributed by atoms with van der Waals surface area (Å²) in [5.41, 5.74) is 4.88. The molecule has 164 valence electrons. The number of aromatic nitrogens is 1. The van der Waals surface area contributed by atoms with Crippen molar-refractivity contribution in [2.75, 3.05) is 0 Å². The molecule has 0 N–H and O–H groups in total. The molecule has 0 atom stereocenters. The maximum Gasteiger partial charge on any atom is 0.244 e. The van der Waals surface area contributed by atoms with Crippen LogP contribution in [0, 0.1) is 20.8 Å². The fourth-order valence-corrected chi connectivity index (χ4v) is 6.18. The Morgan fingerprint density at radius 3 is 2.16 bits per heavy atom. The Morgan fingerprint density at radius 1 is 0.844 bits per heavy atom. The van der Waals surface area contributed by atoms with Crippen molar-refractivity contribution < 1.29 is 8.42 Å². The maximum atomic E-state index is 13.9. The van der Waals surface area contributed by atoms with Gasteiger partial charge in [0.05, 0.1) is 10.4 Å². The molecule has 1 aromatic heterocycles. The largest absolute Gasteiger partial charge is 0.244 e. The molecule has 0 aliphatic heterocycles. The van der Waals surface area contributed by atoms with Crippen molar-refractivity contribution in [2.45, 2.75) is 38.8 Å². The van der Waals surface area contributed by atoms with Gasteiger partial charge in [0.2, 0.25) is 10.0 Å². The Balaban J connectivity index is 1.82. The van der Waals surface area contributed by atoms with E-state index in [4.69, 9.17) is 11.6 Å². The number of pyridine rings is 1. The number of sulfonamides is 1. The summed E-state index contributed by atoms with van der Waals surface area (Å²) in [4.78, 5) is 4.83.